The Labute approximate surface area is 180 Å². The van der Waals surface area contributed by atoms with Crippen molar-refractivity contribution < 1.29 is 14.4 Å². The highest BCUT2D eigenvalue weighted by molar-refractivity contribution is 6.10. The van der Waals surface area contributed by atoms with Crippen LogP contribution in [-0.4, -0.2) is 62.0 Å². The third-order valence-electron chi connectivity index (χ3n) is 6.68. The van der Waals surface area contributed by atoms with Crippen LogP contribution in [0.3, 0.4) is 0 Å². The van der Waals surface area contributed by atoms with Gasteiger partial charge in [0.05, 0.1) is 0 Å². The molecule has 9 nitrogen and oxygen atoms in total. The molecule has 0 bridgehead atoms. The van der Waals surface area contributed by atoms with Crippen LogP contribution < -0.4 is 5.32 Å². The Morgan fingerprint density at radius 2 is 1.87 bits per heavy atom. The molecule has 2 heterocycles. The minimum absolute atomic E-state index is 0.249. The van der Waals surface area contributed by atoms with E-state index in [2.05, 4.69) is 20.5 Å². The summed E-state index contributed by atoms with van der Waals surface area (Å²) >= 11 is 0. The number of nitrogens with zero attached hydrogens (tertiary/aromatic N) is 4. The number of likely N-dealkylation sites (N-methyl/N-ethyl adjacent to an activating group) is 1. The van der Waals surface area contributed by atoms with Crippen molar-refractivity contribution in [2.45, 2.75) is 56.4 Å². The van der Waals surface area contributed by atoms with Crippen LogP contribution in [0.1, 0.15) is 56.7 Å². The summed E-state index contributed by atoms with van der Waals surface area (Å²) in [7, 11) is 1.67. The zero-order valence-corrected chi connectivity index (χ0v) is 17.6. The lowest BCUT2D eigenvalue weighted by atomic mass is 9.81. The van der Waals surface area contributed by atoms with Gasteiger partial charge in [0.25, 0.3) is 5.91 Å². The maximum atomic E-state index is 13.0. The van der Waals surface area contributed by atoms with Crippen LogP contribution in [0, 0.1) is 0 Å². The molecule has 4 amide bonds. The summed E-state index contributed by atoms with van der Waals surface area (Å²) in [4.78, 5) is 45.4. The molecule has 9 heteroatoms. The van der Waals surface area contributed by atoms with Crippen LogP contribution in [-0.2, 0) is 9.59 Å². The molecule has 1 aromatic heterocycles. The number of benzene rings is 1. The fourth-order valence-electron chi connectivity index (χ4n) is 4.66. The number of urea groups is 1. The second-order valence-corrected chi connectivity index (χ2v) is 8.77. The van der Waals surface area contributed by atoms with Gasteiger partial charge in [-0.05, 0) is 49.9 Å². The average Bonchev–Trinajstić information content (AvgIpc) is 3.50. The highest BCUT2D eigenvalue weighted by atomic mass is 16.2. The predicted octanol–water partition coefficient (Wildman–Crippen LogP) is 2.88. The van der Waals surface area contributed by atoms with Crippen LogP contribution in [0.5, 0.6) is 0 Å². The number of aromatic amines is 1. The van der Waals surface area contributed by atoms with Crippen LogP contribution >= 0.6 is 0 Å². The third kappa shape index (κ3) is 3.47. The van der Waals surface area contributed by atoms with E-state index in [0.717, 1.165) is 48.4 Å². The van der Waals surface area contributed by atoms with Crippen molar-refractivity contribution in [3.63, 3.8) is 0 Å². The number of carbonyl (C=O) groups is 3. The van der Waals surface area contributed by atoms with E-state index in [9.17, 15) is 14.4 Å². The standard InChI is InChI=1S/C22H26N6O3/c1-27-21(31)28(20(30)22(27)11-3-2-4-12-22)13-17(29)23-16-9-7-15(8-10-16)19-24-18(25-26-19)14-5-6-14/h7-10,14H,2-6,11-13H2,1H3,(H,23,29)(H,24,25,26). The van der Waals surface area contributed by atoms with Gasteiger partial charge >= 0.3 is 6.03 Å². The molecular formula is C22H26N6O3. The molecule has 3 aliphatic rings. The van der Waals surface area contributed by atoms with Gasteiger partial charge in [-0.25, -0.2) is 9.78 Å². The molecule has 2 aliphatic carbocycles. The first-order valence-corrected chi connectivity index (χ1v) is 10.9. The molecule has 1 aromatic carbocycles. The van der Waals surface area contributed by atoms with Gasteiger partial charge in [-0.1, -0.05) is 19.3 Å². The summed E-state index contributed by atoms with van der Waals surface area (Å²) in [6, 6.07) is 6.82. The Hall–Kier alpha value is -3.23. The molecule has 2 saturated carbocycles. The highest BCUT2D eigenvalue weighted by Crippen LogP contribution is 2.39. The molecular weight excluding hydrogens is 396 g/mol. The number of imide groups is 1. The summed E-state index contributed by atoms with van der Waals surface area (Å²) in [5.41, 5.74) is 0.672. The van der Waals surface area contributed by atoms with E-state index < -0.39 is 17.5 Å². The summed E-state index contributed by atoms with van der Waals surface area (Å²) in [6.45, 7) is -0.281. The van der Waals surface area contributed by atoms with Crippen molar-refractivity contribution in [3.05, 3.63) is 30.1 Å². The van der Waals surface area contributed by atoms with Gasteiger partial charge in [0.1, 0.15) is 17.9 Å². The van der Waals surface area contributed by atoms with E-state index in [1.807, 2.05) is 12.1 Å². The smallest absolute Gasteiger partial charge is 0.325 e. The summed E-state index contributed by atoms with van der Waals surface area (Å²) in [6.07, 6.45) is 6.54. The summed E-state index contributed by atoms with van der Waals surface area (Å²) in [5.74, 6) is 1.41. The summed E-state index contributed by atoms with van der Waals surface area (Å²) < 4.78 is 0. The number of hydrogen-bond donors (Lipinski definition) is 2. The fraction of sp³-hybridized carbons (Fsp3) is 0.500. The van der Waals surface area contributed by atoms with Gasteiger partial charge in [-0.2, -0.15) is 5.10 Å². The quantitative estimate of drug-likeness (QED) is 0.720. The highest BCUT2D eigenvalue weighted by Gasteiger charge is 2.55. The second-order valence-electron chi connectivity index (χ2n) is 8.77. The molecule has 1 aliphatic heterocycles. The van der Waals surface area contributed by atoms with Crippen LogP contribution in [0.2, 0.25) is 0 Å². The molecule has 2 N–H and O–H groups in total. The third-order valence-corrected chi connectivity index (χ3v) is 6.68. The number of amides is 4. The lowest BCUT2D eigenvalue weighted by molar-refractivity contribution is -0.136. The van der Waals surface area contributed by atoms with Crippen molar-refractivity contribution in [3.8, 4) is 11.4 Å². The first kappa shape index (κ1) is 19.7. The second kappa shape index (κ2) is 7.47. The normalized spacial score (nSPS) is 20.5. The molecule has 162 valence electrons. The molecule has 0 radical (unpaired) electrons. The summed E-state index contributed by atoms with van der Waals surface area (Å²) in [5, 5.41) is 10.0. The van der Waals surface area contributed by atoms with Gasteiger partial charge in [-0.3, -0.25) is 19.6 Å². The number of H-pyrrole nitrogens is 1. The molecule has 3 fully saturated rings. The average molecular weight is 422 g/mol. The fourth-order valence-corrected chi connectivity index (χ4v) is 4.66. The Balaban J connectivity index is 1.23. The first-order chi connectivity index (χ1) is 15.0. The zero-order valence-electron chi connectivity index (χ0n) is 17.6. The zero-order chi connectivity index (χ0) is 21.6. The van der Waals surface area contributed by atoms with Crippen molar-refractivity contribution in [2.75, 3.05) is 18.9 Å². The van der Waals surface area contributed by atoms with Gasteiger partial charge in [0.2, 0.25) is 5.91 Å². The number of nitrogens with one attached hydrogen (secondary N) is 2. The maximum absolute atomic E-state index is 13.0. The molecule has 31 heavy (non-hydrogen) atoms. The predicted molar refractivity (Wildman–Crippen MR) is 113 cm³/mol. The molecule has 5 rings (SSSR count). The Morgan fingerprint density at radius 3 is 2.55 bits per heavy atom. The van der Waals surface area contributed by atoms with Crippen molar-refractivity contribution >= 4 is 23.5 Å². The van der Waals surface area contributed by atoms with Gasteiger partial charge in [0, 0.05) is 24.2 Å². The first-order valence-electron chi connectivity index (χ1n) is 10.9. The van der Waals surface area contributed by atoms with Gasteiger partial charge in [-0.15, -0.1) is 0 Å². The largest absolute Gasteiger partial charge is 0.327 e. The van der Waals surface area contributed by atoms with Gasteiger partial charge < -0.3 is 10.2 Å². The Kier molecular flexibility index (Phi) is 4.75. The molecule has 2 aromatic rings. The lowest BCUT2D eigenvalue weighted by Gasteiger charge is -2.35. The SMILES string of the molecule is CN1C(=O)N(CC(=O)Nc2ccc(-c3n[nH]c(C4CC4)n3)cc2)C(=O)C12CCCCC2. The molecule has 1 saturated heterocycles. The van der Waals surface area contributed by atoms with Crippen molar-refractivity contribution in [1.29, 1.82) is 0 Å². The monoisotopic (exact) mass is 422 g/mol. The minimum atomic E-state index is -0.771. The van der Waals surface area contributed by atoms with Crippen molar-refractivity contribution in [2.24, 2.45) is 0 Å². The van der Waals surface area contributed by atoms with Crippen LogP contribution in [0.4, 0.5) is 10.5 Å². The number of anilines is 1. The van der Waals surface area contributed by atoms with E-state index in [-0.39, 0.29) is 12.5 Å². The van der Waals surface area contributed by atoms with E-state index in [0.29, 0.717) is 30.3 Å². The van der Waals surface area contributed by atoms with Gasteiger partial charge in [0.15, 0.2) is 5.82 Å². The topological polar surface area (TPSA) is 111 Å². The lowest BCUT2D eigenvalue weighted by Crippen LogP contribution is -2.49. The van der Waals surface area contributed by atoms with E-state index in [1.165, 1.54) is 4.90 Å². The molecule has 0 atom stereocenters. The van der Waals surface area contributed by atoms with Crippen LogP contribution in [0.25, 0.3) is 11.4 Å². The van der Waals surface area contributed by atoms with Crippen LogP contribution in [0.15, 0.2) is 24.3 Å². The number of rotatable bonds is 5. The Morgan fingerprint density at radius 1 is 1.16 bits per heavy atom. The maximum Gasteiger partial charge on any atom is 0.327 e. The molecule has 1 spiro atoms. The minimum Gasteiger partial charge on any atom is -0.325 e. The van der Waals surface area contributed by atoms with E-state index in [1.54, 1.807) is 19.2 Å². The van der Waals surface area contributed by atoms with Crippen molar-refractivity contribution in [1.82, 2.24) is 25.0 Å². The van der Waals surface area contributed by atoms with E-state index >= 15 is 0 Å². The Bertz CT molecular complexity index is 1020. The number of hydrogen-bond acceptors (Lipinski definition) is 5. The number of carbonyl (C=O) groups excluding carboxylic acids is 3. The van der Waals surface area contributed by atoms with E-state index in [4.69, 9.17) is 0 Å². The number of aromatic nitrogens is 3. The molecule has 0 unspecified atom stereocenters.